The van der Waals surface area contributed by atoms with Gasteiger partial charge in [0.25, 0.3) is 11.6 Å². The molecule has 10 heteroatoms. The van der Waals surface area contributed by atoms with E-state index in [9.17, 15) is 14.9 Å². The van der Waals surface area contributed by atoms with Crippen molar-refractivity contribution in [1.82, 2.24) is 5.32 Å². The summed E-state index contributed by atoms with van der Waals surface area (Å²) in [5.74, 6) is 0.178. The average Bonchev–Trinajstić information content (AvgIpc) is 2.64. The molecular formula is C18H17BrClN3O4S. The number of nitrogens with zero attached hydrogens (tertiary/aromatic N) is 1. The Balaban J connectivity index is 2.04. The van der Waals surface area contributed by atoms with Gasteiger partial charge in [0, 0.05) is 16.7 Å². The van der Waals surface area contributed by atoms with Crippen LogP contribution in [0.1, 0.15) is 30.1 Å². The zero-order valence-electron chi connectivity index (χ0n) is 14.8. The van der Waals surface area contributed by atoms with Gasteiger partial charge in [-0.3, -0.25) is 20.2 Å². The molecule has 0 heterocycles. The lowest BCUT2D eigenvalue weighted by Gasteiger charge is -2.12. The van der Waals surface area contributed by atoms with Gasteiger partial charge in [-0.05, 0) is 64.9 Å². The minimum Gasteiger partial charge on any atom is -0.492 e. The van der Waals surface area contributed by atoms with Crippen molar-refractivity contribution in [3.05, 3.63) is 61.6 Å². The molecule has 0 aromatic heterocycles. The standard InChI is InChI=1S/C18H17BrClN3O4S/c1-2-3-8-27-16-7-4-11(9-13(16)19)17(24)22-18(28)21-14-6-5-12(20)10-15(14)23(25)26/h4-7,9-10H,2-3,8H2,1H3,(H2,21,22,24,28). The third-order valence-electron chi connectivity index (χ3n) is 3.58. The maximum Gasteiger partial charge on any atom is 0.294 e. The molecule has 0 fully saturated rings. The Kier molecular flexibility index (Phi) is 8.16. The van der Waals surface area contributed by atoms with Crippen molar-refractivity contribution >= 4 is 62.1 Å². The SMILES string of the molecule is CCCCOc1ccc(C(=O)NC(=S)Nc2ccc(Cl)cc2[N+](=O)[O-])cc1Br. The van der Waals surface area contributed by atoms with Crippen LogP contribution >= 0.6 is 39.7 Å². The average molecular weight is 487 g/mol. The zero-order valence-corrected chi connectivity index (χ0v) is 18.0. The number of nitro groups is 1. The number of thiocarbonyl (C=S) groups is 1. The second kappa shape index (κ2) is 10.4. The number of amides is 1. The minimum absolute atomic E-state index is 0.0742. The van der Waals surface area contributed by atoms with Crippen LogP contribution in [0.4, 0.5) is 11.4 Å². The van der Waals surface area contributed by atoms with E-state index in [1.165, 1.54) is 18.2 Å². The maximum absolute atomic E-state index is 12.4. The van der Waals surface area contributed by atoms with Gasteiger partial charge in [-0.1, -0.05) is 24.9 Å². The van der Waals surface area contributed by atoms with Gasteiger partial charge in [-0.15, -0.1) is 0 Å². The molecule has 1 amide bonds. The molecule has 0 bridgehead atoms. The lowest BCUT2D eigenvalue weighted by Crippen LogP contribution is -2.34. The van der Waals surface area contributed by atoms with E-state index in [1.807, 2.05) is 0 Å². The van der Waals surface area contributed by atoms with Gasteiger partial charge in [0.05, 0.1) is 16.0 Å². The molecule has 0 spiro atoms. The minimum atomic E-state index is -0.590. The summed E-state index contributed by atoms with van der Waals surface area (Å²) in [7, 11) is 0. The first-order valence-electron chi connectivity index (χ1n) is 8.30. The lowest BCUT2D eigenvalue weighted by molar-refractivity contribution is -0.383. The van der Waals surface area contributed by atoms with Crippen molar-refractivity contribution in [2.24, 2.45) is 0 Å². The third-order valence-corrected chi connectivity index (χ3v) is 4.64. The van der Waals surface area contributed by atoms with Gasteiger partial charge in [0.2, 0.25) is 0 Å². The van der Waals surface area contributed by atoms with Gasteiger partial charge < -0.3 is 10.1 Å². The molecule has 7 nitrogen and oxygen atoms in total. The van der Waals surface area contributed by atoms with Crippen molar-refractivity contribution in [3.63, 3.8) is 0 Å². The molecule has 0 aliphatic rings. The van der Waals surface area contributed by atoms with Crippen LogP contribution < -0.4 is 15.4 Å². The van der Waals surface area contributed by atoms with Crippen molar-refractivity contribution in [3.8, 4) is 5.75 Å². The Morgan fingerprint density at radius 2 is 2.07 bits per heavy atom. The number of hydrogen-bond donors (Lipinski definition) is 2. The molecule has 0 saturated carbocycles. The van der Waals surface area contributed by atoms with E-state index in [1.54, 1.807) is 18.2 Å². The number of carbonyl (C=O) groups is 1. The third kappa shape index (κ3) is 6.15. The highest BCUT2D eigenvalue weighted by molar-refractivity contribution is 9.10. The maximum atomic E-state index is 12.4. The van der Waals surface area contributed by atoms with Crippen molar-refractivity contribution in [2.45, 2.75) is 19.8 Å². The molecule has 2 N–H and O–H groups in total. The van der Waals surface area contributed by atoms with E-state index in [2.05, 4.69) is 33.5 Å². The Morgan fingerprint density at radius 3 is 2.71 bits per heavy atom. The number of rotatable bonds is 7. The predicted octanol–water partition coefficient (Wildman–Crippen LogP) is 5.32. The van der Waals surface area contributed by atoms with Crippen LogP contribution in [0.5, 0.6) is 5.75 Å². The van der Waals surface area contributed by atoms with Crippen LogP contribution in [0, 0.1) is 10.1 Å². The first-order chi connectivity index (χ1) is 13.3. The molecular weight excluding hydrogens is 470 g/mol. The van der Waals surface area contributed by atoms with Gasteiger partial charge >= 0.3 is 0 Å². The normalized spacial score (nSPS) is 10.2. The van der Waals surface area contributed by atoms with Crippen molar-refractivity contribution in [2.75, 3.05) is 11.9 Å². The zero-order chi connectivity index (χ0) is 20.7. The number of nitro benzene ring substituents is 1. The lowest BCUT2D eigenvalue weighted by atomic mass is 10.2. The number of halogens is 2. The van der Waals surface area contributed by atoms with E-state index in [4.69, 9.17) is 28.6 Å². The smallest absolute Gasteiger partial charge is 0.294 e. The largest absolute Gasteiger partial charge is 0.492 e. The summed E-state index contributed by atoms with van der Waals surface area (Å²) in [6.45, 7) is 2.66. The highest BCUT2D eigenvalue weighted by atomic mass is 79.9. The number of anilines is 1. The quantitative estimate of drug-likeness (QED) is 0.238. The fourth-order valence-corrected chi connectivity index (χ4v) is 3.04. The number of benzene rings is 2. The molecule has 28 heavy (non-hydrogen) atoms. The topological polar surface area (TPSA) is 93.5 Å². The summed E-state index contributed by atoms with van der Waals surface area (Å²) in [6.07, 6.45) is 1.96. The van der Waals surface area contributed by atoms with E-state index < -0.39 is 10.8 Å². The molecule has 148 valence electrons. The van der Waals surface area contributed by atoms with Gasteiger partial charge in [0.1, 0.15) is 11.4 Å². The van der Waals surface area contributed by atoms with E-state index in [-0.39, 0.29) is 21.5 Å². The summed E-state index contributed by atoms with van der Waals surface area (Å²) in [4.78, 5) is 22.9. The van der Waals surface area contributed by atoms with Crippen LogP contribution in [0.3, 0.4) is 0 Å². The second-order valence-electron chi connectivity index (χ2n) is 5.67. The fraction of sp³-hybridized carbons (Fsp3) is 0.222. The summed E-state index contributed by atoms with van der Waals surface area (Å²) in [5, 5.41) is 16.4. The Morgan fingerprint density at radius 1 is 1.32 bits per heavy atom. The van der Waals surface area contributed by atoms with Crippen LogP contribution in [0.15, 0.2) is 40.9 Å². The second-order valence-corrected chi connectivity index (χ2v) is 7.37. The summed E-state index contributed by atoms with van der Waals surface area (Å²) >= 11 is 14.2. The van der Waals surface area contributed by atoms with Crippen LogP contribution in [-0.4, -0.2) is 22.5 Å². The molecule has 2 rings (SSSR count). The van der Waals surface area contributed by atoms with E-state index in [0.717, 1.165) is 12.8 Å². The number of hydrogen-bond acceptors (Lipinski definition) is 5. The summed E-state index contributed by atoms with van der Waals surface area (Å²) in [6, 6.07) is 9.00. The van der Waals surface area contributed by atoms with Gasteiger partial charge in [-0.25, -0.2) is 0 Å². The Labute approximate surface area is 180 Å². The molecule has 0 atom stereocenters. The molecule has 0 aliphatic carbocycles. The van der Waals surface area contributed by atoms with Gasteiger partial charge in [0.15, 0.2) is 5.11 Å². The number of ether oxygens (including phenoxy) is 1. The molecule has 2 aromatic rings. The fourth-order valence-electron chi connectivity index (χ4n) is 2.18. The first kappa shape index (κ1) is 22.1. The number of carbonyl (C=O) groups excluding carboxylic acids is 1. The summed E-state index contributed by atoms with van der Waals surface area (Å²) < 4.78 is 6.27. The molecule has 0 unspecified atom stereocenters. The Hall–Kier alpha value is -2.23. The molecule has 2 aromatic carbocycles. The van der Waals surface area contributed by atoms with E-state index >= 15 is 0 Å². The summed E-state index contributed by atoms with van der Waals surface area (Å²) in [5.41, 5.74) is 0.227. The highest BCUT2D eigenvalue weighted by Crippen LogP contribution is 2.28. The highest BCUT2D eigenvalue weighted by Gasteiger charge is 2.17. The predicted molar refractivity (Wildman–Crippen MR) is 116 cm³/mol. The van der Waals surface area contributed by atoms with Gasteiger partial charge in [-0.2, -0.15) is 0 Å². The Bertz CT molecular complexity index is 910. The molecule has 0 aliphatic heterocycles. The van der Waals surface area contributed by atoms with E-state index in [0.29, 0.717) is 22.4 Å². The monoisotopic (exact) mass is 485 g/mol. The molecule has 0 saturated heterocycles. The van der Waals surface area contributed by atoms with Crippen LogP contribution in [-0.2, 0) is 0 Å². The van der Waals surface area contributed by atoms with Crippen LogP contribution in [0.2, 0.25) is 5.02 Å². The molecule has 0 radical (unpaired) electrons. The first-order valence-corrected chi connectivity index (χ1v) is 9.88. The van der Waals surface area contributed by atoms with Crippen molar-refractivity contribution < 1.29 is 14.5 Å². The van der Waals surface area contributed by atoms with Crippen molar-refractivity contribution in [1.29, 1.82) is 0 Å². The number of unbranched alkanes of at least 4 members (excludes halogenated alkanes) is 1. The van der Waals surface area contributed by atoms with Crippen LogP contribution in [0.25, 0.3) is 0 Å². The number of nitrogens with one attached hydrogen (secondary N) is 2.